The van der Waals surface area contributed by atoms with Gasteiger partial charge in [-0.05, 0) is 49.7 Å². The average molecular weight is 324 g/mol. The monoisotopic (exact) mass is 324 g/mol. The summed E-state index contributed by atoms with van der Waals surface area (Å²) in [5.41, 5.74) is 0. The van der Waals surface area contributed by atoms with Gasteiger partial charge in [0.1, 0.15) is 5.75 Å². The van der Waals surface area contributed by atoms with Crippen molar-refractivity contribution in [3.63, 3.8) is 0 Å². The van der Waals surface area contributed by atoms with Crippen LogP contribution in [0.1, 0.15) is 6.42 Å². The minimum atomic E-state index is -4.80. The minimum Gasteiger partial charge on any atom is -0.406 e. The van der Waals surface area contributed by atoms with Crippen LogP contribution in [0.5, 0.6) is 5.75 Å². The lowest BCUT2D eigenvalue weighted by Crippen LogP contribution is -2.30. The summed E-state index contributed by atoms with van der Waals surface area (Å²) >= 11 is 0. The fraction of sp³-hybridized carbons (Fsp3) is 0.500. The van der Waals surface area contributed by atoms with Gasteiger partial charge in [-0.25, -0.2) is 13.1 Å². The van der Waals surface area contributed by atoms with Crippen LogP contribution in [-0.4, -0.2) is 34.4 Å². The SMILES string of the molecule is O=S(=O)(NCC1CCNC1)c1ccc(OC(F)(F)F)cc1. The standard InChI is InChI=1S/C12H15F3N2O3S/c13-12(14,15)20-10-1-3-11(4-2-10)21(18,19)17-8-9-5-6-16-7-9/h1-4,9,16-17H,5-8H2. The molecule has 1 aromatic rings. The fourth-order valence-corrected chi connectivity index (χ4v) is 3.14. The third-order valence-electron chi connectivity index (χ3n) is 3.09. The lowest BCUT2D eigenvalue weighted by molar-refractivity contribution is -0.274. The number of rotatable bonds is 5. The molecule has 0 bridgehead atoms. The van der Waals surface area contributed by atoms with Crippen molar-refractivity contribution in [1.82, 2.24) is 10.0 Å². The van der Waals surface area contributed by atoms with Gasteiger partial charge in [0, 0.05) is 6.54 Å². The highest BCUT2D eigenvalue weighted by Gasteiger charge is 2.31. The zero-order valence-corrected chi connectivity index (χ0v) is 11.8. The third kappa shape index (κ3) is 4.87. The van der Waals surface area contributed by atoms with Crippen molar-refractivity contribution in [2.24, 2.45) is 5.92 Å². The van der Waals surface area contributed by atoms with Crippen LogP contribution in [0.2, 0.25) is 0 Å². The number of halogens is 3. The zero-order valence-electron chi connectivity index (χ0n) is 11.0. The zero-order chi connectivity index (χ0) is 15.5. The van der Waals surface area contributed by atoms with Crippen LogP contribution in [0.25, 0.3) is 0 Å². The van der Waals surface area contributed by atoms with E-state index in [1.54, 1.807) is 0 Å². The lowest BCUT2D eigenvalue weighted by Gasteiger charge is -2.12. The quantitative estimate of drug-likeness (QED) is 0.861. The van der Waals surface area contributed by atoms with E-state index in [9.17, 15) is 21.6 Å². The maximum absolute atomic E-state index is 12.0. The van der Waals surface area contributed by atoms with Crippen LogP contribution in [0.4, 0.5) is 13.2 Å². The molecule has 21 heavy (non-hydrogen) atoms. The molecular formula is C12H15F3N2O3S. The molecule has 2 N–H and O–H groups in total. The molecule has 0 spiro atoms. The van der Waals surface area contributed by atoms with Gasteiger partial charge in [-0.15, -0.1) is 13.2 Å². The van der Waals surface area contributed by atoms with Gasteiger partial charge in [-0.1, -0.05) is 0 Å². The summed E-state index contributed by atoms with van der Waals surface area (Å²) in [6.45, 7) is 1.91. The predicted octanol–water partition coefficient (Wildman–Crippen LogP) is 1.47. The summed E-state index contributed by atoms with van der Waals surface area (Å²) in [7, 11) is -3.72. The van der Waals surface area contributed by atoms with Gasteiger partial charge in [0.2, 0.25) is 10.0 Å². The number of nitrogens with one attached hydrogen (secondary N) is 2. The Bertz CT molecular complexity index is 566. The first-order valence-corrected chi connectivity index (χ1v) is 7.81. The molecule has 0 aromatic heterocycles. The molecule has 1 atom stereocenters. The van der Waals surface area contributed by atoms with Crippen LogP contribution in [0, 0.1) is 5.92 Å². The normalized spacial score (nSPS) is 19.7. The van der Waals surface area contributed by atoms with Crippen LogP contribution in [-0.2, 0) is 10.0 Å². The van der Waals surface area contributed by atoms with Gasteiger partial charge in [-0.3, -0.25) is 0 Å². The van der Waals surface area contributed by atoms with Gasteiger partial charge in [0.25, 0.3) is 0 Å². The summed E-state index contributed by atoms with van der Waals surface area (Å²) < 4.78 is 66.2. The minimum absolute atomic E-state index is 0.0945. The number of ether oxygens (including phenoxy) is 1. The first kappa shape index (κ1) is 16.1. The summed E-state index contributed by atoms with van der Waals surface area (Å²) in [4.78, 5) is -0.0945. The predicted molar refractivity (Wildman–Crippen MR) is 69.3 cm³/mol. The van der Waals surface area contributed by atoms with E-state index in [1.807, 2.05) is 0 Å². The number of hydrogen-bond donors (Lipinski definition) is 2. The Balaban J connectivity index is 1.99. The van der Waals surface area contributed by atoms with Crippen molar-refractivity contribution in [2.75, 3.05) is 19.6 Å². The van der Waals surface area contributed by atoms with Crippen LogP contribution < -0.4 is 14.8 Å². The molecule has 1 aliphatic rings. The first-order valence-electron chi connectivity index (χ1n) is 6.32. The lowest BCUT2D eigenvalue weighted by atomic mass is 10.1. The van der Waals surface area contributed by atoms with Crippen molar-refractivity contribution < 1.29 is 26.3 Å². The van der Waals surface area contributed by atoms with Gasteiger partial charge in [0.05, 0.1) is 4.90 Å². The largest absolute Gasteiger partial charge is 0.573 e. The van der Waals surface area contributed by atoms with Crippen molar-refractivity contribution >= 4 is 10.0 Å². The van der Waals surface area contributed by atoms with E-state index in [0.717, 1.165) is 43.8 Å². The summed E-state index contributed by atoms with van der Waals surface area (Å²) in [5.74, 6) is -0.228. The number of benzene rings is 1. The van der Waals surface area contributed by atoms with E-state index >= 15 is 0 Å². The second kappa shape index (κ2) is 6.20. The molecule has 9 heteroatoms. The van der Waals surface area contributed by atoms with E-state index in [1.165, 1.54) is 0 Å². The Morgan fingerprint density at radius 3 is 2.48 bits per heavy atom. The second-order valence-corrected chi connectivity index (χ2v) is 6.50. The maximum atomic E-state index is 12.0. The molecule has 1 heterocycles. The Kier molecular flexibility index (Phi) is 4.74. The second-order valence-electron chi connectivity index (χ2n) is 4.73. The molecule has 0 amide bonds. The summed E-state index contributed by atoms with van der Waals surface area (Å²) in [6, 6.07) is 4.10. The molecule has 1 saturated heterocycles. The Morgan fingerprint density at radius 2 is 1.95 bits per heavy atom. The molecule has 0 radical (unpaired) electrons. The molecule has 5 nitrogen and oxygen atoms in total. The van der Waals surface area contributed by atoms with Gasteiger partial charge in [-0.2, -0.15) is 0 Å². The van der Waals surface area contributed by atoms with E-state index in [4.69, 9.17) is 0 Å². The van der Waals surface area contributed by atoms with E-state index in [2.05, 4.69) is 14.8 Å². The summed E-state index contributed by atoms with van der Waals surface area (Å²) in [6.07, 6.45) is -3.91. The number of sulfonamides is 1. The van der Waals surface area contributed by atoms with Gasteiger partial charge >= 0.3 is 6.36 Å². The molecule has 1 unspecified atom stereocenters. The molecule has 1 aromatic carbocycles. The van der Waals surface area contributed by atoms with E-state index in [0.29, 0.717) is 6.54 Å². The molecule has 1 aliphatic heterocycles. The maximum Gasteiger partial charge on any atom is 0.573 e. The van der Waals surface area contributed by atoms with Crippen molar-refractivity contribution in [1.29, 1.82) is 0 Å². The fourth-order valence-electron chi connectivity index (χ4n) is 2.02. The molecule has 1 fully saturated rings. The van der Waals surface area contributed by atoms with Crippen molar-refractivity contribution in [3.05, 3.63) is 24.3 Å². The van der Waals surface area contributed by atoms with Crippen LogP contribution in [0.15, 0.2) is 29.2 Å². The number of hydrogen-bond acceptors (Lipinski definition) is 4. The Hall–Kier alpha value is -1.32. The highest BCUT2D eigenvalue weighted by molar-refractivity contribution is 7.89. The van der Waals surface area contributed by atoms with E-state index < -0.39 is 22.1 Å². The number of alkyl halides is 3. The smallest absolute Gasteiger partial charge is 0.406 e. The highest BCUT2D eigenvalue weighted by Crippen LogP contribution is 2.23. The highest BCUT2D eigenvalue weighted by atomic mass is 32.2. The molecule has 118 valence electrons. The summed E-state index contributed by atoms with van der Waals surface area (Å²) in [5, 5.41) is 3.12. The topological polar surface area (TPSA) is 67.4 Å². The van der Waals surface area contributed by atoms with Crippen LogP contribution >= 0.6 is 0 Å². The van der Waals surface area contributed by atoms with Crippen molar-refractivity contribution in [2.45, 2.75) is 17.7 Å². The van der Waals surface area contributed by atoms with Crippen molar-refractivity contribution in [3.8, 4) is 5.75 Å². The molecule has 0 aliphatic carbocycles. The first-order chi connectivity index (χ1) is 9.76. The third-order valence-corrected chi connectivity index (χ3v) is 4.53. The Morgan fingerprint density at radius 1 is 1.29 bits per heavy atom. The van der Waals surface area contributed by atoms with E-state index in [-0.39, 0.29) is 10.8 Å². The van der Waals surface area contributed by atoms with Gasteiger partial charge in [0.15, 0.2) is 0 Å². The average Bonchev–Trinajstić information content (AvgIpc) is 2.88. The van der Waals surface area contributed by atoms with Crippen LogP contribution in [0.3, 0.4) is 0 Å². The molecule has 2 rings (SSSR count). The molecular weight excluding hydrogens is 309 g/mol. The Labute approximate surface area is 120 Å². The van der Waals surface area contributed by atoms with Gasteiger partial charge < -0.3 is 10.1 Å². The molecule has 0 saturated carbocycles.